The molecule has 0 aliphatic heterocycles. The zero-order valence-corrected chi connectivity index (χ0v) is 7.94. The monoisotopic (exact) mass is 185 g/mol. The van der Waals surface area contributed by atoms with Gasteiger partial charge in [0, 0.05) is 12.2 Å². The van der Waals surface area contributed by atoms with E-state index >= 15 is 0 Å². The summed E-state index contributed by atoms with van der Waals surface area (Å²) >= 11 is 5.41. The van der Waals surface area contributed by atoms with E-state index in [2.05, 4.69) is 9.82 Å². The first-order valence-corrected chi connectivity index (χ1v) is 4.09. The van der Waals surface area contributed by atoms with Gasteiger partial charge >= 0.3 is 0 Å². The smallest absolute Gasteiger partial charge is 0.123 e. The molecule has 0 spiro atoms. The Morgan fingerprint density at radius 2 is 2.25 bits per heavy atom. The predicted octanol–water partition coefficient (Wildman–Crippen LogP) is 1.52. The average Bonchev–Trinajstić information content (AvgIpc) is 1.96. The average molecular weight is 186 g/mol. The lowest BCUT2D eigenvalue weighted by Gasteiger charge is -2.08. The van der Waals surface area contributed by atoms with Gasteiger partial charge in [0.05, 0.1) is 0 Å². The highest BCUT2D eigenvalue weighted by Gasteiger charge is 2.03. The van der Waals surface area contributed by atoms with Crippen LogP contribution in [-0.4, -0.2) is 4.98 Å². The number of rotatable bonds is 2. The third kappa shape index (κ3) is 1.87. The molecule has 3 nitrogen and oxygen atoms in total. The summed E-state index contributed by atoms with van der Waals surface area (Å²) < 4.78 is 0. The van der Waals surface area contributed by atoms with Crippen molar-refractivity contribution in [3.05, 3.63) is 22.9 Å². The van der Waals surface area contributed by atoms with E-state index in [-0.39, 0.29) is 0 Å². The van der Waals surface area contributed by atoms with E-state index in [1.54, 1.807) is 0 Å². The molecule has 0 saturated heterocycles. The zero-order chi connectivity index (χ0) is 9.14. The first kappa shape index (κ1) is 9.29. The third-order valence-corrected chi connectivity index (χ3v) is 1.95. The van der Waals surface area contributed by atoms with Crippen LogP contribution >= 0.6 is 11.8 Å². The van der Waals surface area contributed by atoms with Gasteiger partial charge < -0.3 is 5.73 Å². The molecule has 1 aromatic rings. The number of aryl methyl sites for hydroxylation is 2. The minimum absolute atomic E-state index is 0.559. The summed E-state index contributed by atoms with van der Waals surface area (Å²) in [6.07, 6.45) is 0. The lowest BCUT2D eigenvalue weighted by atomic mass is 10.1. The van der Waals surface area contributed by atoms with Crippen molar-refractivity contribution < 1.29 is 0 Å². The first-order chi connectivity index (χ1) is 5.65. The molecule has 1 rings (SSSR count). The van der Waals surface area contributed by atoms with Crippen LogP contribution in [0.3, 0.4) is 0 Å². The fourth-order valence-corrected chi connectivity index (χ4v) is 1.36. The van der Waals surface area contributed by atoms with Crippen molar-refractivity contribution in [2.45, 2.75) is 20.4 Å². The van der Waals surface area contributed by atoms with Gasteiger partial charge in [-0.2, -0.15) is 0 Å². The van der Waals surface area contributed by atoms with Gasteiger partial charge in [0.25, 0.3) is 0 Å². The second kappa shape index (κ2) is 3.74. The summed E-state index contributed by atoms with van der Waals surface area (Å²) in [6, 6.07) is 1.84. The van der Waals surface area contributed by atoms with Crippen molar-refractivity contribution in [3.8, 4) is 0 Å². The molecular formula is C8H12ClN3. The minimum Gasteiger partial charge on any atom is -0.384 e. The van der Waals surface area contributed by atoms with Gasteiger partial charge in [0.1, 0.15) is 5.82 Å². The number of nitrogens with zero attached hydrogens (tertiary/aromatic N) is 1. The predicted molar refractivity (Wildman–Crippen MR) is 50.8 cm³/mol. The van der Waals surface area contributed by atoms with Crippen LogP contribution in [0.15, 0.2) is 6.07 Å². The molecule has 4 heteroatoms. The van der Waals surface area contributed by atoms with E-state index in [0.717, 1.165) is 16.8 Å². The van der Waals surface area contributed by atoms with Crippen molar-refractivity contribution >= 4 is 17.6 Å². The van der Waals surface area contributed by atoms with Crippen molar-refractivity contribution in [3.63, 3.8) is 0 Å². The van der Waals surface area contributed by atoms with Crippen LogP contribution in [0, 0.1) is 13.8 Å². The zero-order valence-electron chi connectivity index (χ0n) is 7.19. The van der Waals surface area contributed by atoms with E-state index in [0.29, 0.717) is 12.4 Å². The first-order valence-electron chi connectivity index (χ1n) is 3.71. The van der Waals surface area contributed by atoms with Gasteiger partial charge in [-0.1, -0.05) is 0 Å². The SMILES string of the molecule is Cc1cc(N)nc(C)c1CNCl. The number of aromatic nitrogens is 1. The Labute approximate surface area is 77.1 Å². The molecule has 66 valence electrons. The van der Waals surface area contributed by atoms with Gasteiger partial charge in [0.2, 0.25) is 0 Å². The Hall–Kier alpha value is -0.800. The van der Waals surface area contributed by atoms with Crippen molar-refractivity contribution in [2.75, 3.05) is 5.73 Å². The number of hydrogen-bond donors (Lipinski definition) is 2. The normalized spacial score (nSPS) is 10.2. The van der Waals surface area contributed by atoms with E-state index in [1.165, 1.54) is 0 Å². The number of nitrogen functional groups attached to an aromatic ring is 1. The lowest BCUT2D eigenvalue weighted by Crippen LogP contribution is -2.06. The third-order valence-electron chi connectivity index (χ3n) is 1.82. The second-order valence-corrected chi connectivity index (χ2v) is 3.01. The molecule has 0 bridgehead atoms. The van der Waals surface area contributed by atoms with Crippen molar-refractivity contribution in [2.24, 2.45) is 0 Å². The van der Waals surface area contributed by atoms with Crippen LogP contribution in [-0.2, 0) is 6.54 Å². The van der Waals surface area contributed by atoms with E-state index in [4.69, 9.17) is 17.5 Å². The largest absolute Gasteiger partial charge is 0.384 e. The van der Waals surface area contributed by atoms with Crippen LogP contribution < -0.4 is 10.6 Å². The van der Waals surface area contributed by atoms with E-state index in [1.807, 2.05) is 19.9 Å². The Morgan fingerprint density at radius 3 is 2.75 bits per heavy atom. The number of nitrogens with one attached hydrogen (secondary N) is 1. The van der Waals surface area contributed by atoms with Crippen molar-refractivity contribution in [1.82, 2.24) is 9.82 Å². The van der Waals surface area contributed by atoms with Crippen molar-refractivity contribution in [1.29, 1.82) is 0 Å². The fourth-order valence-electron chi connectivity index (χ4n) is 1.22. The molecule has 0 aliphatic rings. The van der Waals surface area contributed by atoms with Crippen LogP contribution in [0.5, 0.6) is 0 Å². The highest BCUT2D eigenvalue weighted by Crippen LogP contribution is 2.14. The van der Waals surface area contributed by atoms with Crippen LogP contribution in [0.2, 0.25) is 0 Å². The van der Waals surface area contributed by atoms with E-state index < -0.39 is 0 Å². The summed E-state index contributed by atoms with van der Waals surface area (Å²) in [6.45, 7) is 4.54. The Morgan fingerprint density at radius 1 is 1.58 bits per heavy atom. The Balaban J connectivity index is 3.10. The van der Waals surface area contributed by atoms with Gasteiger partial charge in [0.15, 0.2) is 0 Å². The van der Waals surface area contributed by atoms with Gasteiger partial charge in [-0.25, -0.2) is 9.82 Å². The van der Waals surface area contributed by atoms with E-state index in [9.17, 15) is 0 Å². The molecule has 0 fully saturated rings. The molecule has 1 aromatic heterocycles. The maximum absolute atomic E-state index is 5.56. The number of anilines is 1. The molecule has 0 aliphatic carbocycles. The van der Waals surface area contributed by atoms with Crippen LogP contribution in [0.25, 0.3) is 0 Å². The Kier molecular flexibility index (Phi) is 2.89. The van der Waals surface area contributed by atoms with Crippen LogP contribution in [0.4, 0.5) is 5.82 Å². The highest BCUT2D eigenvalue weighted by atomic mass is 35.5. The second-order valence-electron chi connectivity index (χ2n) is 2.74. The fraction of sp³-hybridized carbons (Fsp3) is 0.375. The quantitative estimate of drug-likeness (QED) is 0.687. The Bertz CT molecular complexity index is 263. The molecule has 12 heavy (non-hydrogen) atoms. The standard InChI is InChI=1S/C8H12ClN3/c1-5-3-8(10)12-6(2)7(5)4-11-9/h3,11H,4H2,1-2H3,(H2,10,12). The van der Waals surface area contributed by atoms with Gasteiger partial charge in [-0.05, 0) is 42.8 Å². The van der Waals surface area contributed by atoms with Gasteiger partial charge in [-0.3, -0.25) is 0 Å². The molecule has 3 N–H and O–H groups in total. The summed E-state index contributed by atoms with van der Waals surface area (Å²) in [5, 5.41) is 0. The lowest BCUT2D eigenvalue weighted by molar-refractivity contribution is 0.918. The maximum atomic E-state index is 5.56. The number of halogens is 1. The summed E-state index contributed by atoms with van der Waals surface area (Å²) in [5.41, 5.74) is 8.72. The maximum Gasteiger partial charge on any atom is 0.123 e. The molecule has 0 amide bonds. The summed E-state index contributed by atoms with van der Waals surface area (Å²) in [4.78, 5) is 6.71. The molecular weight excluding hydrogens is 174 g/mol. The summed E-state index contributed by atoms with van der Waals surface area (Å²) in [7, 11) is 0. The molecule has 0 aromatic carbocycles. The summed E-state index contributed by atoms with van der Waals surface area (Å²) in [5.74, 6) is 0.559. The molecule has 0 radical (unpaired) electrons. The molecule has 1 heterocycles. The highest BCUT2D eigenvalue weighted by molar-refractivity contribution is 6.13. The molecule has 0 unspecified atom stereocenters. The number of hydrogen-bond acceptors (Lipinski definition) is 3. The molecule has 0 atom stereocenters. The topological polar surface area (TPSA) is 50.9 Å². The molecule has 0 saturated carbocycles. The van der Waals surface area contributed by atoms with Crippen LogP contribution in [0.1, 0.15) is 16.8 Å². The number of nitrogens with two attached hydrogens (primary N) is 1. The number of pyridine rings is 1. The van der Waals surface area contributed by atoms with Gasteiger partial charge in [-0.15, -0.1) is 0 Å². The minimum atomic E-state index is 0.559.